The number of hydrogen-bond acceptors (Lipinski definition) is 4. The molecular formula is C21H23IN4O3S. The van der Waals surface area contributed by atoms with E-state index in [0.29, 0.717) is 18.7 Å². The molecule has 158 valence electrons. The van der Waals surface area contributed by atoms with Gasteiger partial charge in [-0.2, -0.15) is 0 Å². The van der Waals surface area contributed by atoms with Crippen LogP contribution in [0.5, 0.6) is 11.5 Å². The van der Waals surface area contributed by atoms with Crippen molar-refractivity contribution in [3.63, 3.8) is 0 Å². The van der Waals surface area contributed by atoms with Gasteiger partial charge in [0.1, 0.15) is 11.5 Å². The molecule has 5 N–H and O–H groups in total. The second-order valence-electron chi connectivity index (χ2n) is 6.27. The van der Waals surface area contributed by atoms with Gasteiger partial charge in [-0.1, -0.05) is 36.4 Å². The van der Waals surface area contributed by atoms with Crippen LogP contribution in [-0.2, 0) is 16.4 Å². The molecule has 30 heavy (non-hydrogen) atoms. The van der Waals surface area contributed by atoms with Crippen LogP contribution in [0, 0.1) is 0 Å². The third kappa shape index (κ3) is 7.32. The molecule has 3 aromatic rings. The monoisotopic (exact) mass is 538 g/mol. The van der Waals surface area contributed by atoms with E-state index in [9.17, 15) is 8.42 Å². The molecule has 7 nitrogen and oxygen atoms in total. The maximum atomic E-state index is 11.3. The number of hydrogen-bond donors (Lipinski definition) is 3. The maximum Gasteiger partial charge on any atom is 0.238 e. The van der Waals surface area contributed by atoms with Crippen LogP contribution in [0.2, 0.25) is 0 Å². The fourth-order valence-corrected chi connectivity index (χ4v) is 3.12. The topological polar surface area (TPSA) is 120 Å². The van der Waals surface area contributed by atoms with E-state index < -0.39 is 10.0 Å². The smallest absolute Gasteiger partial charge is 0.238 e. The Morgan fingerprint density at radius 3 is 2.27 bits per heavy atom. The second-order valence-corrected chi connectivity index (χ2v) is 7.84. The summed E-state index contributed by atoms with van der Waals surface area (Å²) in [5.74, 6) is 1.71. The molecule has 0 aliphatic rings. The van der Waals surface area contributed by atoms with Gasteiger partial charge in [-0.25, -0.2) is 13.6 Å². The van der Waals surface area contributed by atoms with Crippen LogP contribution in [0.3, 0.4) is 0 Å². The van der Waals surface area contributed by atoms with E-state index in [1.165, 1.54) is 12.1 Å². The molecule has 0 unspecified atom stereocenters. The van der Waals surface area contributed by atoms with Crippen molar-refractivity contribution < 1.29 is 13.2 Å². The molecule has 0 atom stereocenters. The maximum absolute atomic E-state index is 11.3. The first-order valence-electron chi connectivity index (χ1n) is 8.92. The summed E-state index contributed by atoms with van der Waals surface area (Å²) in [5.41, 5.74) is 7.65. The van der Waals surface area contributed by atoms with Crippen molar-refractivity contribution in [2.24, 2.45) is 15.9 Å². The summed E-state index contributed by atoms with van der Waals surface area (Å²) in [4.78, 5) is 4.39. The highest BCUT2D eigenvalue weighted by Gasteiger charge is 2.06. The Balaban J connectivity index is 0.00000320. The van der Waals surface area contributed by atoms with Crippen molar-refractivity contribution in [3.05, 3.63) is 84.4 Å². The molecule has 3 rings (SSSR count). The van der Waals surface area contributed by atoms with Gasteiger partial charge in [-0.05, 0) is 48.4 Å². The highest BCUT2D eigenvalue weighted by atomic mass is 127. The predicted octanol–water partition coefficient (Wildman–Crippen LogP) is 3.71. The number of nitrogens with zero attached hydrogens (tertiary/aromatic N) is 1. The van der Waals surface area contributed by atoms with Gasteiger partial charge in [0.05, 0.1) is 4.90 Å². The molecular weight excluding hydrogens is 515 g/mol. The zero-order chi connectivity index (χ0) is 20.7. The highest BCUT2D eigenvalue weighted by Crippen LogP contribution is 2.23. The quantitative estimate of drug-likeness (QED) is 0.241. The second kappa shape index (κ2) is 11.0. The van der Waals surface area contributed by atoms with Crippen LogP contribution in [0.25, 0.3) is 0 Å². The van der Waals surface area contributed by atoms with E-state index in [4.69, 9.17) is 15.6 Å². The summed E-state index contributed by atoms with van der Waals surface area (Å²) in [6.45, 7) is 0.452. The third-order valence-electron chi connectivity index (χ3n) is 4.02. The van der Waals surface area contributed by atoms with E-state index in [0.717, 1.165) is 17.0 Å². The number of rotatable bonds is 7. The third-order valence-corrected chi connectivity index (χ3v) is 4.95. The van der Waals surface area contributed by atoms with Gasteiger partial charge in [-0.3, -0.25) is 4.99 Å². The molecule has 0 saturated heterocycles. The number of nitrogens with two attached hydrogens (primary N) is 2. The summed E-state index contributed by atoms with van der Waals surface area (Å²) in [5, 5.41) is 8.13. The Hall–Kier alpha value is -2.63. The summed E-state index contributed by atoms with van der Waals surface area (Å²) < 4.78 is 28.3. The van der Waals surface area contributed by atoms with E-state index in [1.54, 1.807) is 12.1 Å². The zero-order valence-electron chi connectivity index (χ0n) is 16.1. The zero-order valence-corrected chi connectivity index (χ0v) is 19.2. The Kier molecular flexibility index (Phi) is 8.63. The molecule has 9 heteroatoms. The molecule has 0 heterocycles. The number of nitrogens with one attached hydrogen (secondary N) is 1. The number of guanidine groups is 1. The minimum absolute atomic E-state index is 0. The van der Waals surface area contributed by atoms with E-state index in [1.807, 2.05) is 54.6 Å². The number of aliphatic imine (C=N–C) groups is 1. The molecule has 3 aromatic carbocycles. The van der Waals surface area contributed by atoms with Crippen LogP contribution in [0.4, 0.5) is 5.69 Å². The number of sulfonamides is 1. The SMILES string of the molecule is I.NC(=NCCc1ccc(S(N)(=O)=O)cc1)Nc1cccc(Oc2ccccc2)c1. The van der Waals surface area contributed by atoms with Gasteiger partial charge >= 0.3 is 0 Å². The molecule has 0 aliphatic heterocycles. The Morgan fingerprint density at radius 2 is 1.60 bits per heavy atom. The number of benzene rings is 3. The standard InChI is InChI=1S/C21H22N4O3S.HI/c22-21(24-14-13-16-9-11-20(12-10-16)29(23,26)27)25-17-5-4-8-19(15-17)28-18-6-2-1-3-7-18;/h1-12,15H,13-14H2,(H3,22,24,25)(H2,23,26,27);1H. The van der Waals surface area contributed by atoms with Crippen molar-refractivity contribution in [2.75, 3.05) is 11.9 Å². The average Bonchev–Trinajstić information content (AvgIpc) is 2.69. The first-order chi connectivity index (χ1) is 13.9. The van der Waals surface area contributed by atoms with Crippen LogP contribution in [-0.4, -0.2) is 20.9 Å². The lowest BCUT2D eigenvalue weighted by molar-refractivity contribution is 0.483. The molecule has 0 aliphatic carbocycles. The number of ether oxygens (including phenoxy) is 1. The fourth-order valence-electron chi connectivity index (χ4n) is 2.60. The number of halogens is 1. The van der Waals surface area contributed by atoms with E-state index >= 15 is 0 Å². The van der Waals surface area contributed by atoms with Crippen molar-refractivity contribution >= 4 is 45.6 Å². The van der Waals surface area contributed by atoms with E-state index in [-0.39, 0.29) is 34.8 Å². The minimum Gasteiger partial charge on any atom is -0.457 e. The minimum atomic E-state index is -3.68. The summed E-state index contributed by atoms with van der Waals surface area (Å²) >= 11 is 0. The van der Waals surface area contributed by atoms with Crippen molar-refractivity contribution in [1.29, 1.82) is 0 Å². The molecule has 0 spiro atoms. The van der Waals surface area contributed by atoms with E-state index in [2.05, 4.69) is 10.3 Å². The molecule has 0 radical (unpaired) electrons. The normalized spacial score (nSPS) is 11.4. The molecule has 0 amide bonds. The summed E-state index contributed by atoms with van der Waals surface area (Å²) in [6, 6.07) is 23.3. The van der Waals surface area contributed by atoms with Crippen molar-refractivity contribution in [1.82, 2.24) is 0 Å². The predicted molar refractivity (Wildman–Crippen MR) is 130 cm³/mol. The summed E-state index contributed by atoms with van der Waals surface area (Å²) in [6.07, 6.45) is 0.616. The van der Waals surface area contributed by atoms with Crippen LogP contribution in [0.1, 0.15) is 5.56 Å². The molecule has 0 aromatic heterocycles. The Labute approximate surface area is 193 Å². The van der Waals surface area contributed by atoms with Crippen molar-refractivity contribution in [3.8, 4) is 11.5 Å². The number of para-hydroxylation sites is 1. The average molecular weight is 538 g/mol. The first-order valence-corrected chi connectivity index (χ1v) is 10.5. The van der Waals surface area contributed by atoms with Crippen LogP contribution >= 0.6 is 24.0 Å². The van der Waals surface area contributed by atoms with Crippen LogP contribution < -0.4 is 20.9 Å². The van der Waals surface area contributed by atoms with Gasteiger partial charge in [0.2, 0.25) is 10.0 Å². The van der Waals surface area contributed by atoms with Crippen molar-refractivity contribution in [2.45, 2.75) is 11.3 Å². The fraction of sp³-hybridized carbons (Fsp3) is 0.0952. The van der Waals surface area contributed by atoms with Gasteiger partial charge < -0.3 is 15.8 Å². The summed E-state index contributed by atoms with van der Waals surface area (Å²) in [7, 11) is -3.68. The Bertz CT molecular complexity index is 1090. The van der Waals surface area contributed by atoms with Gasteiger partial charge in [0.25, 0.3) is 0 Å². The van der Waals surface area contributed by atoms with Gasteiger partial charge in [-0.15, -0.1) is 24.0 Å². The molecule has 0 bridgehead atoms. The van der Waals surface area contributed by atoms with Gasteiger partial charge in [0, 0.05) is 18.3 Å². The number of primary sulfonamides is 1. The van der Waals surface area contributed by atoms with Gasteiger partial charge in [0.15, 0.2) is 5.96 Å². The van der Waals surface area contributed by atoms with Crippen LogP contribution in [0.15, 0.2) is 88.8 Å². The first kappa shape index (κ1) is 23.6. The molecule has 0 fully saturated rings. The highest BCUT2D eigenvalue weighted by molar-refractivity contribution is 14.0. The lowest BCUT2D eigenvalue weighted by Crippen LogP contribution is -2.23. The lowest BCUT2D eigenvalue weighted by Gasteiger charge is -2.09. The molecule has 0 saturated carbocycles. The number of anilines is 1. The largest absolute Gasteiger partial charge is 0.457 e. The Morgan fingerprint density at radius 1 is 0.933 bits per heavy atom. The lowest BCUT2D eigenvalue weighted by atomic mass is 10.1.